The first-order valence-corrected chi connectivity index (χ1v) is 6.48. The maximum atomic E-state index is 11.9. The summed E-state index contributed by atoms with van der Waals surface area (Å²) in [6.45, 7) is 0. The smallest absolute Gasteiger partial charge is 0.422 e. The highest BCUT2D eigenvalue weighted by molar-refractivity contribution is 5.73. The molecule has 2 aromatic carbocycles. The van der Waals surface area contributed by atoms with Gasteiger partial charge in [0, 0.05) is 0 Å². The minimum absolute atomic E-state index is 0.0258. The number of oxazole rings is 1. The largest absolute Gasteiger partial charge is 0.448 e. The van der Waals surface area contributed by atoms with Crippen molar-refractivity contribution < 1.29 is 13.6 Å². The Morgan fingerprint density at radius 2 is 1.73 bits per heavy atom. The number of ether oxygens (including phenoxy) is 1. The molecule has 4 aromatic rings. The number of para-hydroxylation sites is 3. The van der Waals surface area contributed by atoms with E-state index in [1.807, 2.05) is 18.2 Å². The molecule has 0 aliphatic carbocycles. The van der Waals surface area contributed by atoms with E-state index in [4.69, 9.17) is 13.6 Å². The molecule has 22 heavy (non-hydrogen) atoms. The van der Waals surface area contributed by atoms with E-state index in [9.17, 15) is 4.79 Å². The molecule has 0 aliphatic rings. The van der Waals surface area contributed by atoms with Gasteiger partial charge in [0.15, 0.2) is 5.58 Å². The normalized spacial score (nSPS) is 10.9. The Labute approximate surface area is 123 Å². The maximum absolute atomic E-state index is 11.9. The molecule has 4 rings (SSSR count). The summed E-state index contributed by atoms with van der Waals surface area (Å²) in [6, 6.07) is 16.1. The Kier molecular flexibility index (Phi) is 2.75. The molecule has 0 fully saturated rings. The van der Waals surface area contributed by atoms with E-state index in [1.165, 1.54) is 0 Å². The zero-order chi connectivity index (χ0) is 14.9. The van der Waals surface area contributed by atoms with E-state index < -0.39 is 5.76 Å². The van der Waals surface area contributed by atoms with E-state index in [0.717, 1.165) is 4.68 Å². The Morgan fingerprint density at radius 1 is 0.955 bits per heavy atom. The zero-order valence-electron chi connectivity index (χ0n) is 11.2. The molecule has 0 saturated heterocycles. The lowest BCUT2D eigenvalue weighted by molar-refractivity contribution is 0.320. The van der Waals surface area contributed by atoms with Crippen LogP contribution in [0.25, 0.3) is 17.1 Å². The van der Waals surface area contributed by atoms with E-state index >= 15 is 0 Å². The van der Waals surface area contributed by atoms with Gasteiger partial charge in [-0.15, -0.1) is 4.68 Å². The molecule has 0 atom stereocenters. The van der Waals surface area contributed by atoms with Crippen LogP contribution in [-0.4, -0.2) is 14.8 Å². The SMILES string of the molecule is O=c1oc(Oc2ccccc2)nn1-c1nc2ccccc2o1. The van der Waals surface area contributed by atoms with Gasteiger partial charge in [-0.3, -0.25) is 0 Å². The second-order valence-electron chi connectivity index (χ2n) is 4.42. The summed E-state index contributed by atoms with van der Waals surface area (Å²) >= 11 is 0. The summed E-state index contributed by atoms with van der Waals surface area (Å²) in [5.41, 5.74) is 1.18. The van der Waals surface area contributed by atoms with Crippen LogP contribution in [0.5, 0.6) is 11.8 Å². The highest BCUT2D eigenvalue weighted by Crippen LogP contribution is 2.20. The second-order valence-corrected chi connectivity index (χ2v) is 4.42. The molecule has 0 spiro atoms. The van der Waals surface area contributed by atoms with Gasteiger partial charge in [0.25, 0.3) is 0 Å². The molecule has 0 saturated carbocycles. The first-order valence-electron chi connectivity index (χ1n) is 6.48. The standard InChI is InChI=1S/C15H9N3O4/c19-15-18(13-16-11-8-4-5-9-12(11)21-13)17-14(22-15)20-10-6-2-1-3-7-10/h1-9H. The topological polar surface area (TPSA) is 83.3 Å². The van der Waals surface area contributed by atoms with Crippen molar-refractivity contribution in [3.63, 3.8) is 0 Å². The van der Waals surface area contributed by atoms with Gasteiger partial charge in [-0.25, -0.2) is 4.79 Å². The third-order valence-corrected chi connectivity index (χ3v) is 2.94. The number of hydrogen-bond donors (Lipinski definition) is 0. The Morgan fingerprint density at radius 3 is 2.55 bits per heavy atom. The molecule has 0 aliphatic heterocycles. The predicted octanol–water partition coefficient (Wildman–Crippen LogP) is 2.76. The van der Waals surface area contributed by atoms with Crippen LogP contribution in [0.3, 0.4) is 0 Å². The number of hydrogen-bond acceptors (Lipinski definition) is 6. The van der Waals surface area contributed by atoms with Crippen LogP contribution in [0.1, 0.15) is 0 Å². The molecular weight excluding hydrogens is 286 g/mol. The second kappa shape index (κ2) is 4.88. The molecule has 7 nitrogen and oxygen atoms in total. The fraction of sp³-hybridized carbons (Fsp3) is 0. The molecule has 7 heteroatoms. The quantitative estimate of drug-likeness (QED) is 0.578. The first-order chi connectivity index (χ1) is 10.8. The summed E-state index contributed by atoms with van der Waals surface area (Å²) in [6.07, 6.45) is -0.182. The summed E-state index contributed by atoms with van der Waals surface area (Å²) in [7, 11) is 0. The average Bonchev–Trinajstić information content (AvgIpc) is 3.11. The van der Waals surface area contributed by atoms with E-state index in [1.54, 1.807) is 36.4 Å². The van der Waals surface area contributed by atoms with Crippen molar-refractivity contribution >= 4 is 11.1 Å². The van der Waals surface area contributed by atoms with Crippen molar-refractivity contribution in [2.24, 2.45) is 0 Å². The van der Waals surface area contributed by atoms with Crippen LogP contribution in [0, 0.1) is 0 Å². The van der Waals surface area contributed by atoms with Crippen LogP contribution in [0.2, 0.25) is 0 Å². The molecular formula is C15H9N3O4. The molecule has 0 N–H and O–H groups in total. The van der Waals surface area contributed by atoms with Gasteiger partial charge in [0.1, 0.15) is 11.3 Å². The highest BCUT2D eigenvalue weighted by atomic mass is 16.6. The van der Waals surface area contributed by atoms with Crippen molar-refractivity contribution in [1.82, 2.24) is 14.8 Å². The monoisotopic (exact) mass is 295 g/mol. The van der Waals surface area contributed by atoms with Gasteiger partial charge in [-0.1, -0.05) is 35.4 Å². The Hall–Kier alpha value is -3.35. The fourth-order valence-corrected chi connectivity index (χ4v) is 1.96. The Balaban J connectivity index is 1.72. The van der Waals surface area contributed by atoms with Gasteiger partial charge < -0.3 is 13.6 Å². The molecule has 2 heterocycles. The van der Waals surface area contributed by atoms with E-state index in [0.29, 0.717) is 16.8 Å². The minimum atomic E-state index is -0.738. The number of nitrogens with zero attached hydrogens (tertiary/aromatic N) is 3. The van der Waals surface area contributed by atoms with Gasteiger partial charge in [0.05, 0.1) is 0 Å². The van der Waals surface area contributed by atoms with Crippen molar-refractivity contribution in [3.05, 3.63) is 65.1 Å². The van der Waals surface area contributed by atoms with Crippen LogP contribution in [-0.2, 0) is 0 Å². The van der Waals surface area contributed by atoms with Crippen LogP contribution < -0.4 is 10.5 Å². The zero-order valence-corrected chi connectivity index (χ0v) is 11.2. The summed E-state index contributed by atoms with van der Waals surface area (Å²) in [5.74, 6) is -0.231. The molecule has 0 radical (unpaired) electrons. The van der Waals surface area contributed by atoms with Crippen LogP contribution in [0.4, 0.5) is 0 Å². The van der Waals surface area contributed by atoms with Gasteiger partial charge in [0.2, 0.25) is 0 Å². The highest BCUT2D eigenvalue weighted by Gasteiger charge is 2.16. The van der Waals surface area contributed by atoms with E-state index in [2.05, 4.69) is 10.1 Å². The minimum Gasteiger partial charge on any atom is -0.422 e. The molecule has 0 bridgehead atoms. The molecule has 2 aromatic heterocycles. The summed E-state index contributed by atoms with van der Waals surface area (Å²) in [5, 5.41) is 3.93. The third kappa shape index (κ3) is 2.14. The van der Waals surface area contributed by atoms with Crippen LogP contribution in [0.15, 0.2) is 68.2 Å². The maximum Gasteiger partial charge on any atom is 0.448 e. The van der Waals surface area contributed by atoms with Gasteiger partial charge in [-0.2, -0.15) is 4.98 Å². The van der Waals surface area contributed by atoms with Crippen LogP contribution >= 0.6 is 0 Å². The molecule has 0 amide bonds. The summed E-state index contributed by atoms with van der Waals surface area (Å²) in [4.78, 5) is 16.0. The molecule has 108 valence electrons. The van der Waals surface area contributed by atoms with Gasteiger partial charge >= 0.3 is 17.8 Å². The van der Waals surface area contributed by atoms with Crippen molar-refractivity contribution in [1.29, 1.82) is 0 Å². The van der Waals surface area contributed by atoms with Crippen molar-refractivity contribution in [2.75, 3.05) is 0 Å². The predicted molar refractivity (Wildman–Crippen MR) is 76.2 cm³/mol. The summed E-state index contributed by atoms with van der Waals surface area (Å²) < 4.78 is 16.7. The third-order valence-electron chi connectivity index (χ3n) is 2.94. The average molecular weight is 295 g/mol. The fourth-order valence-electron chi connectivity index (χ4n) is 1.96. The number of benzene rings is 2. The first kappa shape index (κ1) is 12.4. The van der Waals surface area contributed by atoms with Gasteiger partial charge in [-0.05, 0) is 24.3 Å². The molecule has 0 unspecified atom stereocenters. The lowest BCUT2D eigenvalue weighted by atomic mass is 10.3. The lowest BCUT2D eigenvalue weighted by Gasteiger charge is -1.97. The number of rotatable bonds is 3. The van der Waals surface area contributed by atoms with E-state index in [-0.39, 0.29) is 12.1 Å². The lowest BCUT2D eigenvalue weighted by Crippen LogP contribution is -2.13. The number of aromatic nitrogens is 3. The number of fused-ring (bicyclic) bond motifs is 1. The van der Waals surface area contributed by atoms with Crippen molar-refractivity contribution in [2.45, 2.75) is 0 Å². The Bertz CT molecular complexity index is 952. The van der Waals surface area contributed by atoms with Crippen molar-refractivity contribution in [3.8, 4) is 17.8 Å².